The molecule has 0 saturated carbocycles. The van der Waals surface area contributed by atoms with E-state index in [1.807, 2.05) is 36.6 Å². The molecule has 0 bridgehead atoms. The number of methoxy groups -OCH3 is 1. The number of benzene rings is 1. The van der Waals surface area contributed by atoms with Crippen LogP contribution < -0.4 is 10.4 Å². The summed E-state index contributed by atoms with van der Waals surface area (Å²) >= 11 is 3.08. The second-order valence-electron chi connectivity index (χ2n) is 4.69. The Morgan fingerprint density at radius 2 is 2.22 bits per heavy atom. The maximum absolute atomic E-state index is 11.5. The van der Waals surface area contributed by atoms with E-state index in [-0.39, 0.29) is 5.69 Å². The van der Waals surface area contributed by atoms with E-state index >= 15 is 0 Å². The van der Waals surface area contributed by atoms with Crippen molar-refractivity contribution in [2.45, 2.75) is 24.4 Å². The normalized spacial score (nSPS) is 10.9. The zero-order valence-corrected chi connectivity index (χ0v) is 14.4. The van der Waals surface area contributed by atoms with Gasteiger partial charge in [-0.05, 0) is 19.1 Å². The quantitative estimate of drug-likeness (QED) is 0.693. The van der Waals surface area contributed by atoms with Crippen molar-refractivity contribution in [1.29, 1.82) is 0 Å². The fraction of sp³-hybridized carbons (Fsp3) is 0.267. The van der Waals surface area contributed by atoms with Crippen LogP contribution in [0.4, 0.5) is 0 Å². The topological polar surface area (TPSA) is 72.8 Å². The minimum Gasteiger partial charge on any atom is -0.496 e. The molecule has 0 fully saturated rings. The number of thiazole rings is 1. The molecule has 0 atom stereocenters. The van der Waals surface area contributed by atoms with Gasteiger partial charge >= 0.3 is 5.69 Å². The number of aromatic amines is 1. The summed E-state index contributed by atoms with van der Waals surface area (Å²) in [5, 5.41) is 10.1. The highest BCUT2D eigenvalue weighted by atomic mass is 32.2. The standard InChI is InChI=1S/C15H16N4O2S2/c1-3-19-14(20)17-18-15(19)23-9-10-8-22-13(16-10)11-6-4-5-7-12(11)21-2/h4-8H,3,9H2,1-2H3,(H,17,20). The van der Waals surface area contributed by atoms with Crippen molar-refractivity contribution in [3.63, 3.8) is 0 Å². The molecule has 3 rings (SSSR count). The summed E-state index contributed by atoms with van der Waals surface area (Å²) in [6.45, 7) is 2.52. The van der Waals surface area contributed by atoms with Crippen LogP contribution in [0, 0.1) is 0 Å². The smallest absolute Gasteiger partial charge is 0.343 e. The van der Waals surface area contributed by atoms with Crippen LogP contribution in [-0.4, -0.2) is 26.9 Å². The summed E-state index contributed by atoms with van der Waals surface area (Å²) in [7, 11) is 1.66. The van der Waals surface area contributed by atoms with E-state index in [4.69, 9.17) is 4.74 Å². The molecule has 0 aliphatic carbocycles. The number of rotatable bonds is 6. The Hall–Kier alpha value is -2.06. The first-order valence-corrected chi connectivity index (χ1v) is 8.95. The SMILES string of the molecule is CCn1c(SCc2csc(-c3ccccc3OC)n2)n[nH]c1=O. The number of thioether (sulfide) groups is 1. The average Bonchev–Trinajstić information content (AvgIpc) is 3.19. The molecular weight excluding hydrogens is 332 g/mol. The van der Waals surface area contributed by atoms with Crippen molar-refractivity contribution in [3.8, 4) is 16.3 Å². The Balaban J connectivity index is 1.76. The molecule has 0 aliphatic rings. The predicted octanol–water partition coefficient (Wildman–Crippen LogP) is 3.02. The van der Waals surface area contributed by atoms with Gasteiger partial charge in [0.05, 0.1) is 18.4 Å². The molecule has 0 saturated heterocycles. The van der Waals surface area contributed by atoms with Crippen LogP contribution in [0.5, 0.6) is 5.75 Å². The Morgan fingerprint density at radius 1 is 1.39 bits per heavy atom. The number of H-pyrrole nitrogens is 1. The molecule has 6 nitrogen and oxygen atoms in total. The molecule has 3 aromatic rings. The molecule has 2 aromatic heterocycles. The Labute approximate surface area is 141 Å². The molecule has 1 N–H and O–H groups in total. The number of nitrogens with one attached hydrogen (secondary N) is 1. The average molecular weight is 348 g/mol. The van der Waals surface area contributed by atoms with Crippen molar-refractivity contribution in [1.82, 2.24) is 19.7 Å². The Morgan fingerprint density at radius 3 is 3.00 bits per heavy atom. The van der Waals surface area contributed by atoms with Crippen molar-refractivity contribution in [2.24, 2.45) is 0 Å². The van der Waals surface area contributed by atoms with Gasteiger partial charge in [-0.2, -0.15) is 0 Å². The highest BCUT2D eigenvalue weighted by molar-refractivity contribution is 7.98. The minimum atomic E-state index is -0.178. The number of para-hydroxylation sites is 1. The zero-order valence-electron chi connectivity index (χ0n) is 12.8. The van der Waals surface area contributed by atoms with Crippen LogP contribution in [0.3, 0.4) is 0 Å². The lowest BCUT2D eigenvalue weighted by Crippen LogP contribution is -2.16. The molecule has 8 heteroatoms. The lowest BCUT2D eigenvalue weighted by atomic mass is 10.2. The van der Waals surface area contributed by atoms with Crippen LogP contribution in [-0.2, 0) is 12.3 Å². The van der Waals surface area contributed by atoms with Gasteiger partial charge in [0.1, 0.15) is 10.8 Å². The van der Waals surface area contributed by atoms with Crippen LogP contribution in [0.1, 0.15) is 12.6 Å². The maximum atomic E-state index is 11.5. The molecule has 0 unspecified atom stereocenters. The number of aromatic nitrogens is 4. The van der Waals surface area contributed by atoms with Crippen molar-refractivity contribution < 1.29 is 4.74 Å². The molecule has 0 spiro atoms. The van der Waals surface area contributed by atoms with Gasteiger partial charge in [-0.3, -0.25) is 4.57 Å². The van der Waals surface area contributed by atoms with Crippen LogP contribution in [0.15, 0.2) is 39.6 Å². The maximum Gasteiger partial charge on any atom is 0.343 e. The van der Waals surface area contributed by atoms with Gasteiger partial charge in [0.25, 0.3) is 0 Å². The summed E-state index contributed by atoms with van der Waals surface area (Å²) < 4.78 is 6.99. The highest BCUT2D eigenvalue weighted by Gasteiger charge is 2.12. The van der Waals surface area contributed by atoms with E-state index in [0.29, 0.717) is 17.5 Å². The van der Waals surface area contributed by atoms with Gasteiger partial charge in [-0.15, -0.1) is 16.4 Å². The Bertz CT molecular complexity index is 853. The molecule has 0 amide bonds. The van der Waals surface area contributed by atoms with Crippen LogP contribution >= 0.6 is 23.1 Å². The van der Waals surface area contributed by atoms with Gasteiger partial charge in [-0.25, -0.2) is 14.9 Å². The predicted molar refractivity (Wildman–Crippen MR) is 92.2 cm³/mol. The fourth-order valence-corrected chi connectivity index (χ4v) is 4.01. The van der Waals surface area contributed by atoms with Crippen LogP contribution in [0.2, 0.25) is 0 Å². The first-order chi connectivity index (χ1) is 11.2. The number of hydrogen-bond acceptors (Lipinski definition) is 6. The zero-order chi connectivity index (χ0) is 16.2. The second kappa shape index (κ2) is 7.01. The molecular formula is C15H16N4O2S2. The van der Waals surface area contributed by atoms with E-state index in [9.17, 15) is 4.79 Å². The third-order valence-corrected chi connectivity index (χ3v) is 5.21. The van der Waals surface area contributed by atoms with Crippen LogP contribution in [0.25, 0.3) is 10.6 Å². The van der Waals surface area contributed by atoms with E-state index in [2.05, 4.69) is 15.2 Å². The van der Waals surface area contributed by atoms with Gasteiger partial charge in [-0.1, -0.05) is 23.9 Å². The number of ether oxygens (including phenoxy) is 1. The van der Waals surface area contributed by atoms with Gasteiger partial charge in [0, 0.05) is 17.7 Å². The van der Waals surface area contributed by atoms with Gasteiger partial charge in [0.2, 0.25) is 0 Å². The summed E-state index contributed by atoms with van der Waals surface area (Å²) in [5.41, 5.74) is 1.77. The minimum absolute atomic E-state index is 0.178. The number of nitrogens with zero attached hydrogens (tertiary/aromatic N) is 3. The summed E-state index contributed by atoms with van der Waals surface area (Å²) in [4.78, 5) is 16.2. The van der Waals surface area contributed by atoms with Crippen molar-refractivity contribution in [3.05, 3.63) is 45.8 Å². The van der Waals surface area contributed by atoms with Gasteiger partial charge in [0.15, 0.2) is 5.16 Å². The summed E-state index contributed by atoms with van der Waals surface area (Å²) in [6, 6.07) is 7.83. The fourth-order valence-electron chi connectivity index (χ4n) is 2.15. The van der Waals surface area contributed by atoms with E-state index in [1.54, 1.807) is 23.0 Å². The lowest BCUT2D eigenvalue weighted by Gasteiger charge is -2.04. The first kappa shape index (κ1) is 15.8. The molecule has 0 radical (unpaired) electrons. The third-order valence-electron chi connectivity index (χ3n) is 3.28. The second-order valence-corrected chi connectivity index (χ2v) is 6.49. The van der Waals surface area contributed by atoms with E-state index < -0.39 is 0 Å². The van der Waals surface area contributed by atoms with Gasteiger partial charge < -0.3 is 4.74 Å². The molecule has 23 heavy (non-hydrogen) atoms. The molecule has 0 aliphatic heterocycles. The monoisotopic (exact) mass is 348 g/mol. The molecule has 1 aromatic carbocycles. The lowest BCUT2D eigenvalue weighted by molar-refractivity contribution is 0.416. The van der Waals surface area contributed by atoms with Crippen molar-refractivity contribution in [2.75, 3.05) is 7.11 Å². The largest absolute Gasteiger partial charge is 0.496 e. The van der Waals surface area contributed by atoms with Crippen molar-refractivity contribution >= 4 is 23.1 Å². The summed E-state index contributed by atoms with van der Waals surface area (Å²) in [5.74, 6) is 1.48. The third kappa shape index (κ3) is 3.32. The van der Waals surface area contributed by atoms with E-state index in [1.165, 1.54) is 11.8 Å². The number of hydrogen-bond donors (Lipinski definition) is 1. The Kier molecular flexibility index (Phi) is 4.82. The summed E-state index contributed by atoms with van der Waals surface area (Å²) in [6.07, 6.45) is 0. The highest BCUT2D eigenvalue weighted by Crippen LogP contribution is 2.33. The molecule has 2 heterocycles. The molecule has 120 valence electrons. The first-order valence-electron chi connectivity index (χ1n) is 7.08. The van der Waals surface area contributed by atoms with E-state index in [0.717, 1.165) is 22.0 Å².